The van der Waals surface area contributed by atoms with E-state index < -0.39 is 9.84 Å². The minimum Gasteiger partial charge on any atom is -0.497 e. The third kappa shape index (κ3) is 4.91. The van der Waals surface area contributed by atoms with Crippen LogP contribution in [-0.2, 0) is 14.6 Å². The minimum absolute atomic E-state index is 0.0122. The summed E-state index contributed by atoms with van der Waals surface area (Å²) in [7, 11) is -1.66. The molecule has 1 aliphatic heterocycles. The smallest absolute Gasteiger partial charge is 0.260 e. The summed E-state index contributed by atoms with van der Waals surface area (Å²) in [6.07, 6.45) is 1.20. The highest BCUT2D eigenvalue weighted by molar-refractivity contribution is 7.90. The van der Waals surface area contributed by atoms with E-state index in [9.17, 15) is 13.2 Å². The van der Waals surface area contributed by atoms with Crippen molar-refractivity contribution < 1.29 is 22.7 Å². The van der Waals surface area contributed by atoms with Crippen molar-refractivity contribution in [1.82, 2.24) is 9.88 Å². The Morgan fingerprint density at radius 3 is 2.39 bits per heavy atom. The number of carbonyl (C=O) groups is 1. The summed E-state index contributed by atoms with van der Waals surface area (Å²) in [4.78, 5) is 21.3. The van der Waals surface area contributed by atoms with Gasteiger partial charge >= 0.3 is 0 Å². The van der Waals surface area contributed by atoms with Gasteiger partial charge in [-0.3, -0.25) is 4.79 Å². The largest absolute Gasteiger partial charge is 0.497 e. The van der Waals surface area contributed by atoms with E-state index in [1.54, 1.807) is 54.5 Å². The highest BCUT2D eigenvalue weighted by Crippen LogP contribution is 2.31. The van der Waals surface area contributed by atoms with Crippen LogP contribution in [0.2, 0.25) is 0 Å². The zero-order valence-electron chi connectivity index (χ0n) is 17.3. The van der Waals surface area contributed by atoms with E-state index in [2.05, 4.69) is 9.88 Å². The molecule has 31 heavy (non-hydrogen) atoms. The lowest BCUT2D eigenvalue weighted by atomic mass is 10.3. The van der Waals surface area contributed by atoms with Crippen molar-refractivity contribution >= 4 is 42.4 Å². The van der Waals surface area contributed by atoms with Crippen LogP contribution in [0.5, 0.6) is 11.5 Å². The number of fused-ring (bicyclic) bond motifs is 1. The number of anilines is 1. The lowest BCUT2D eigenvalue weighted by Crippen LogP contribution is -2.50. The maximum Gasteiger partial charge on any atom is 0.260 e. The number of rotatable bonds is 6. The summed E-state index contributed by atoms with van der Waals surface area (Å²) in [5, 5.41) is 0.835. The third-order valence-electron chi connectivity index (χ3n) is 5.10. The van der Waals surface area contributed by atoms with E-state index in [-0.39, 0.29) is 12.5 Å². The van der Waals surface area contributed by atoms with Crippen LogP contribution < -0.4 is 14.4 Å². The summed E-state index contributed by atoms with van der Waals surface area (Å²) < 4.78 is 35.1. The second-order valence-corrected chi connectivity index (χ2v) is 10.3. The molecule has 1 aliphatic rings. The molecule has 0 radical (unpaired) electrons. The maximum absolute atomic E-state index is 12.5. The summed E-state index contributed by atoms with van der Waals surface area (Å²) in [6, 6.07) is 12.1. The predicted molar refractivity (Wildman–Crippen MR) is 120 cm³/mol. The molecule has 0 bridgehead atoms. The van der Waals surface area contributed by atoms with Gasteiger partial charge < -0.3 is 19.3 Å². The van der Waals surface area contributed by atoms with E-state index in [1.165, 1.54) is 17.6 Å². The van der Waals surface area contributed by atoms with Crippen molar-refractivity contribution in [2.75, 3.05) is 51.1 Å². The van der Waals surface area contributed by atoms with Gasteiger partial charge in [0.2, 0.25) is 0 Å². The van der Waals surface area contributed by atoms with Crippen LogP contribution in [0.1, 0.15) is 0 Å². The Kier molecular flexibility index (Phi) is 6.01. The van der Waals surface area contributed by atoms with Gasteiger partial charge in [0.25, 0.3) is 5.91 Å². The Morgan fingerprint density at radius 2 is 1.74 bits per heavy atom. The standard InChI is InChI=1S/C21H23N3O5S2/c1-28-15-3-5-16(6-4-15)29-14-20(25)23-9-11-24(12-10-23)21-22-18-8-7-17(31(2,26)27)13-19(18)30-21/h3-8,13H,9-12,14H2,1-2H3. The Balaban J connectivity index is 1.34. The van der Waals surface area contributed by atoms with Crippen molar-refractivity contribution in [1.29, 1.82) is 0 Å². The number of benzene rings is 2. The molecule has 0 atom stereocenters. The van der Waals surface area contributed by atoms with Gasteiger partial charge in [0.05, 0.1) is 22.2 Å². The van der Waals surface area contributed by atoms with Crippen LogP contribution in [0.4, 0.5) is 5.13 Å². The van der Waals surface area contributed by atoms with E-state index in [0.29, 0.717) is 36.8 Å². The number of aromatic nitrogens is 1. The predicted octanol–water partition coefficient (Wildman–Crippen LogP) is 2.44. The first kappa shape index (κ1) is 21.4. The number of amides is 1. The topological polar surface area (TPSA) is 89.0 Å². The highest BCUT2D eigenvalue weighted by atomic mass is 32.2. The quantitative estimate of drug-likeness (QED) is 0.557. The van der Waals surface area contributed by atoms with Crippen LogP contribution in [0.3, 0.4) is 0 Å². The first-order valence-electron chi connectivity index (χ1n) is 9.74. The number of sulfone groups is 1. The van der Waals surface area contributed by atoms with E-state index in [1.807, 2.05) is 0 Å². The number of hydrogen-bond acceptors (Lipinski definition) is 8. The fourth-order valence-corrected chi connectivity index (χ4v) is 5.09. The normalized spacial score (nSPS) is 14.6. The van der Waals surface area contributed by atoms with Gasteiger partial charge in [-0.15, -0.1) is 0 Å². The van der Waals surface area contributed by atoms with Crippen molar-refractivity contribution in [3.05, 3.63) is 42.5 Å². The lowest BCUT2D eigenvalue weighted by Gasteiger charge is -2.34. The maximum atomic E-state index is 12.5. The molecule has 2 heterocycles. The summed E-state index contributed by atoms with van der Waals surface area (Å²) in [6.45, 7) is 2.46. The van der Waals surface area contributed by atoms with Gasteiger partial charge in [0.1, 0.15) is 11.5 Å². The molecule has 164 valence electrons. The Morgan fingerprint density at radius 1 is 1.06 bits per heavy atom. The third-order valence-corrected chi connectivity index (χ3v) is 7.29. The van der Waals surface area contributed by atoms with Gasteiger partial charge in [-0.2, -0.15) is 0 Å². The van der Waals surface area contributed by atoms with Crippen molar-refractivity contribution in [3.63, 3.8) is 0 Å². The fourth-order valence-electron chi connectivity index (χ4n) is 3.31. The summed E-state index contributed by atoms with van der Waals surface area (Å²) >= 11 is 1.47. The van der Waals surface area contributed by atoms with Gasteiger partial charge in [-0.05, 0) is 42.5 Å². The molecular formula is C21H23N3O5S2. The molecule has 4 rings (SSSR count). The number of piperazine rings is 1. The Hall–Kier alpha value is -2.85. The van der Waals surface area contributed by atoms with Crippen LogP contribution in [0.15, 0.2) is 47.4 Å². The zero-order chi connectivity index (χ0) is 22.0. The molecular weight excluding hydrogens is 438 g/mol. The Labute approximate surface area is 184 Å². The molecule has 1 aromatic heterocycles. The average molecular weight is 462 g/mol. The molecule has 2 aromatic carbocycles. The molecule has 8 nitrogen and oxygen atoms in total. The zero-order valence-corrected chi connectivity index (χ0v) is 18.9. The molecule has 0 N–H and O–H groups in total. The number of nitrogens with zero attached hydrogens (tertiary/aromatic N) is 3. The van der Waals surface area contributed by atoms with Gasteiger partial charge in [-0.1, -0.05) is 11.3 Å². The number of methoxy groups -OCH3 is 1. The molecule has 10 heteroatoms. The first-order valence-corrected chi connectivity index (χ1v) is 12.4. The van der Waals surface area contributed by atoms with Crippen molar-refractivity contribution in [2.45, 2.75) is 4.90 Å². The van der Waals surface area contributed by atoms with E-state index in [0.717, 1.165) is 21.1 Å². The second kappa shape index (κ2) is 8.72. The first-order chi connectivity index (χ1) is 14.8. The highest BCUT2D eigenvalue weighted by Gasteiger charge is 2.23. The number of thiazole rings is 1. The van der Waals surface area contributed by atoms with E-state index in [4.69, 9.17) is 9.47 Å². The summed E-state index contributed by atoms with van der Waals surface area (Å²) in [5.74, 6) is 1.30. The minimum atomic E-state index is -3.25. The fraction of sp³-hybridized carbons (Fsp3) is 0.333. The van der Waals surface area contributed by atoms with Gasteiger partial charge in [-0.25, -0.2) is 13.4 Å². The van der Waals surface area contributed by atoms with Crippen LogP contribution in [0.25, 0.3) is 10.2 Å². The average Bonchev–Trinajstić information content (AvgIpc) is 3.21. The van der Waals surface area contributed by atoms with Gasteiger partial charge in [0, 0.05) is 32.4 Å². The lowest BCUT2D eigenvalue weighted by molar-refractivity contribution is -0.133. The van der Waals surface area contributed by atoms with E-state index >= 15 is 0 Å². The number of ether oxygens (including phenoxy) is 2. The van der Waals surface area contributed by atoms with Gasteiger partial charge in [0.15, 0.2) is 21.6 Å². The van der Waals surface area contributed by atoms with Crippen molar-refractivity contribution in [3.8, 4) is 11.5 Å². The molecule has 1 saturated heterocycles. The molecule has 0 aliphatic carbocycles. The van der Waals surface area contributed by atoms with Crippen LogP contribution >= 0.6 is 11.3 Å². The van der Waals surface area contributed by atoms with Crippen LogP contribution in [0, 0.1) is 0 Å². The molecule has 1 fully saturated rings. The second-order valence-electron chi connectivity index (χ2n) is 7.23. The Bertz CT molecular complexity index is 1180. The SMILES string of the molecule is COc1ccc(OCC(=O)N2CCN(c3nc4ccc(S(C)(=O)=O)cc4s3)CC2)cc1. The molecule has 3 aromatic rings. The molecule has 0 saturated carbocycles. The number of hydrogen-bond donors (Lipinski definition) is 0. The van der Waals surface area contributed by atoms with Crippen molar-refractivity contribution in [2.24, 2.45) is 0 Å². The monoisotopic (exact) mass is 461 g/mol. The molecule has 0 spiro atoms. The number of carbonyl (C=O) groups excluding carboxylic acids is 1. The summed E-state index contributed by atoms with van der Waals surface area (Å²) in [5.41, 5.74) is 0.777. The van der Waals surface area contributed by atoms with Crippen LogP contribution in [-0.4, -0.2) is 70.4 Å². The molecule has 1 amide bonds. The molecule has 0 unspecified atom stereocenters.